The number of guanidine groups is 1. The van der Waals surface area contributed by atoms with Crippen LogP contribution in [0.3, 0.4) is 0 Å². The molecule has 1 fully saturated rings. The Balaban J connectivity index is 0.00000289. The van der Waals surface area contributed by atoms with E-state index in [0.717, 1.165) is 31.6 Å². The van der Waals surface area contributed by atoms with Gasteiger partial charge in [0.15, 0.2) is 5.96 Å². The summed E-state index contributed by atoms with van der Waals surface area (Å²) in [7, 11) is 1.82. The Morgan fingerprint density at radius 3 is 2.50 bits per heavy atom. The number of rotatable bonds is 5. The van der Waals surface area contributed by atoms with Crippen molar-refractivity contribution in [2.45, 2.75) is 45.6 Å². The molecule has 0 aliphatic heterocycles. The standard InChI is InChI=1S/C13H27N3O.HI/c1-4-17-10-9-15-13(14-3)16-12-7-5-11(2)6-8-12;/h11-12H,4-10H2,1-3H3,(H2,14,15,16);1H. The number of halogens is 1. The molecule has 5 heteroatoms. The summed E-state index contributed by atoms with van der Waals surface area (Å²) in [5, 5.41) is 6.76. The summed E-state index contributed by atoms with van der Waals surface area (Å²) in [5.74, 6) is 1.80. The van der Waals surface area contributed by atoms with Crippen LogP contribution in [0, 0.1) is 5.92 Å². The molecule has 1 aliphatic carbocycles. The van der Waals surface area contributed by atoms with Crippen LogP contribution in [-0.4, -0.2) is 38.8 Å². The highest BCUT2D eigenvalue weighted by molar-refractivity contribution is 14.0. The van der Waals surface area contributed by atoms with Gasteiger partial charge in [0.2, 0.25) is 0 Å². The molecule has 2 N–H and O–H groups in total. The fourth-order valence-corrected chi connectivity index (χ4v) is 2.18. The first-order valence-electron chi connectivity index (χ1n) is 6.81. The molecule has 0 aromatic carbocycles. The molecular weight excluding hydrogens is 341 g/mol. The average molecular weight is 369 g/mol. The second kappa shape index (κ2) is 10.8. The molecular formula is C13H28IN3O. The van der Waals surface area contributed by atoms with Crippen molar-refractivity contribution in [3.8, 4) is 0 Å². The fourth-order valence-electron chi connectivity index (χ4n) is 2.18. The van der Waals surface area contributed by atoms with Gasteiger partial charge in [-0.15, -0.1) is 24.0 Å². The number of hydrogen-bond donors (Lipinski definition) is 2. The zero-order valence-corrected chi connectivity index (χ0v) is 14.2. The molecule has 0 saturated heterocycles. The number of aliphatic imine (C=N–C) groups is 1. The number of ether oxygens (including phenoxy) is 1. The van der Waals surface area contributed by atoms with Gasteiger partial charge in [-0.05, 0) is 38.5 Å². The number of hydrogen-bond acceptors (Lipinski definition) is 2. The fraction of sp³-hybridized carbons (Fsp3) is 0.923. The van der Waals surface area contributed by atoms with E-state index in [-0.39, 0.29) is 24.0 Å². The summed E-state index contributed by atoms with van der Waals surface area (Å²) in [6.07, 6.45) is 5.17. The lowest BCUT2D eigenvalue weighted by Gasteiger charge is -2.28. The lowest BCUT2D eigenvalue weighted by molar-refractivity contribution is 0.152. The predicted molar refractivity (Wildman–Crippen MR) is 87.8 cm³/mol. The zero-order chi connectivity index (χ0) is 12.5. The van der Waals surface area contributed by atoms with Crippen LogP contribution in [0.2, 0.25) is 0 Å². The first-order chi connectivity index (χ1) is 8.26. The van der Waals surface area contributed by atoms with Crippen molar-refractivity contribution >= 4 is 29.9 Å². The molecule has 18 heavy (non-hydrogen) atoms. The third-order valence-electron chi connectivity index (χ3n) is 3.32. The lowest BCUT2D eigenvalue weighted by atomic mass is 9.87. The third kappa shape index (κ3) is 7.41. The minimum absolute atomic E-state index is 0. The summed E-state index contributed by atoms with van der Waals surface area (Å²) in [6, 6.07) is 0.587. The second-order valence-corrected chi connectivity index (χ2v) is 4.80. The van der Waals surface area contributed by atoms with Gasteiger partial charge >= 0.3 is 0 Å². The molecule has 0 heterocycles. The SMILES string of the molecule is CCOCCNC(=NC)NC1CCC(C)CC1.I. The molecule has 4 nitrogen and oxygen atoms in total. The van der Waals surface area contributed by atoms with Gasteiger partial charge in [-0.3, -0.25) is 4.99 Å². The van der Waals surface area contributed by atoms with Crippen LogP contribution in [0.25, 0.3) is 0 Å². The Kier molecular flexibility index (Phi) is 10.8. The van der Waals surface area contributed by atoms with Gasteiger partial charge < -0.3 is 15.4 Å². The quantitative estimate of drug-likeness (QED) is 0.339. The van der Waals surface area contributed by atoms with Gasteiger partial charge in [-0.1, -0.05) is 6.92 Å². The van der Waals surface area contributed by atoms with Gasteiger partial charge in [-0.2, -0.15) is 0 Å². The monoisotopic (exact) mass is 369 g/mol. The van der Waals surface area contributed by atoms with E-state index >= 15 is 0 Å². The highest BCUT2D eigenvalue weighted by Crippen LogP contribution is 2.23. The maximum atomic E-state index is 5.29. The van der Waals surface area contributed by atoms with Crippen molar-refractivity contribution in [2.24, 2.45) is 10.9 Å². The van der Waals surface area contributed by atoms with Crippen LogP contribution in [0.5, 0.6) is 0 Å². The van der Waals surface area contributed by atoms with Crippen LogP contribution in [0.4, 0.5) is 0 Å². The van der Waals surface area contributed by atoms with Crippen molar-refractivity contribution in [1.29, 1.82) is 0 Å². The largest absolute Gasteiger partial charge is 0.380 e. The summed E-state index contributed by atoms with van der Waals surface area (Å²) in [6.45, 7) is 6.67. The average Bonchev–Trinajstić information content (AvgIpc) is 2.35. The first-order valence-corrected chi connectivity index (χ1v) is 6.81. The van der Waals surface area contributed by atoms with E-state index in [4.69, 9.17) is 4.74 Å². The molecule has 1 rings (SSSR count). The minimum atomic E-state index is 0. The second-order valence-electron chi connectivity index (χ2n) is 4.80. The van der Waals surface area contributed by atoms with Gasteiger partial charge in [0, 0.05) is 26.2 Å². The molecule has 0 unspecified atom stereocenters. The molecule has 0 atom stereocenters. The van der Waals surface area contributed by atoms with E-state index < -0.39 is 0 Å². The highest BCUT2D eigenvalue weighted by Gasteiger charge is 2.18. The van der Waals surface area contributed by atoms with Gasteiger partial charge in [0.25, 0.3) is 0 Å². The Morgan fingerprint density at radius 2 is 1.94 bits per heavy atom. The topological polar surface area (TPSA) is 45.6 Å². The Morgan fingerprint density at radius 1 is 1.28 bits per heavy atom. The molecule has 0 bridgehead atoms. The van der Waals surface area contributed by atoms with E-state index in [2.05, 4.69) is 22.5 Å². The van der Waals surface area contributed by atoms with E-state index in [1.807, 2.05) is 14.0 Å². The Labute approximate surface area is 128 Å². The highest BCUT2D eigenvalue weighted by atomic mass is 127. The van der Waals surface area contributed by atoms with Crippen molar-refractivity contribution in [2.75, 3.05) is 26.8 Å². The summed E-state index contributed by atoms with van der Waals surface area (Å²) < 4.78 is 5.29. The maximum absolute atomic E-state index is 5.29. The number of nitrogens with zero attached hydrogens (tertiary/aromatic N) is 1. The first kappa shape index (κ1) is 18.0. The Hall–Kier alpha value is -0.0400. The zero-order valence-electron chi connectivity index (χ0n) is 11.9. The summed E-state index contributed by atoms with van der Waals surface area (Å²) in [5.41, 5.74) is 0. The molecule has 0 aromatic rings. The normalized spacial score (nSPS) is 24.3. The Bertz CT molecular complexity index is 228. The predicted octanol–water partition coefficient (Wildman–Crippen LogP) is 2.38. The van der Waals surface area contributed by atoms with Gasteiger partial charge in [0.05, 0.1) is 6.61 Å². The van der Waals surface area contributed by atoms with Gasteiger partial charge in [0.1, 0.15) is 0 Å². The van der Waals surface area contributed by atoms with Crippen molar-refractivity contribution in [3.63, 3.8) is 0 Å². The van der Waals surface area contributed by atoms with E-state index in [1.165, 1.54) is 25.7 Å². The molecule has 0 aromatic heterocycles. The van der Waals surface area contributed by atoms with E-state index in [0.29, 0.717) is 6.04 Å². The third-order valence-corrected chi connectivity index (χ3v) is 3.32. The van der Waals surface area contributed by atoms with Crippen LogP contribution >= 0.6 is 24.0 Å². The summed E-state index contributed by atoms with van der Waals surface area (Å²) >= 11 is 0. The number of nitrogens with one attached hydrogen (secondary N) is 2. The molecule has 1 saturated carbocycles. The maximum Gasteiger partial charge on any atom is 0.191 e. The van der Waals surface area contributed by atoms with Crippen molar-refractivity contribution in [1.82, 2.24) is 10.6 Å². The smallest absolute Gasteiger partial charge is 0.191 e. The van der Waals surface area contributed by atoms with Crippen LogP contribution in [0.1, 0.15) is 39.5 Å². The van der Waals surface area contributed by atoms with Crippen LogP contribution < -0.4 is 10.6 Å². The van der Waals surface area contributed by atoms with Crippen molar-refractivity contribution in [3.05, 3.63) is 0 Å². The van der Waals surface area contributed by atoms with Crippen LogP contribution in [-0.2, 0) is 4.74 Å². The van der Waals surface area contributed by atoms with E-state index in [1.54, 1.807) is 0 Å². The van der Waals surface area contributed by atoms with Crippen LogP contribution in [0.15, 0.2) is 4.99 Å². The van der Waals surface area contributed by atoms with E-state index in [9.17, 15) is 0 Å². The molecule has 0 radical (unpaired) electrons. The molecule has 108 valence electrons. The molecule has 1 aliphatic rings. The van der Waals surface area contributed by atoms with Crippen molar-refractivity contribution < 1.29 is 4.74 Å². The lowest BCUT2D eigenvalue weighted by Crippen LogP contribution is -2.45. The minimum Gasteiger partial charge on any atom is -0.380 e. The molecule has 0 amide bonds. The van der Waals surface area contributed by atoms with Gasteiger partial charge in [-0.25, -0.2) is 0 Å². The molecule has 0 spiro atoms. The summed E-state index contributed by atoms with van der Waals surface area (Å²) in [4.78, 5) is 4.24.